The zero-order chi connectivity index (χ0) is 22.4. The summed E-state index contributed by atoms with van der Waals surface area (Å²) >= 11 is 0. The zero-order valence-electron chi connectivity index (χ0n) is 17.4. The predicted molar refractivity (Wildman–Crippen MR) is 108 cm³/mol. The van der Waals surface area contributed by atoms with Crippen LogP contribution >= 0.6 is 0 Å². The maximum atomic E-state index is 13.0. The largest absolute Gasteiger partial charge is 0.416 e. The molecule has 9 heteroatoms. The normalized spacial score (nSPS) is 18.8. The number of hydrogen-bond donors (Lipinski definition) is 2. The van der Waals surface area contributed by atoms with Crippen molar-refractivity contribution in [3.8, 4) is 0 Å². The van der Waals surface area contributed by atoms with E-state index in [1.54, 1.807) is 0 Å². The number of benzene rings is 1. The number of halogens is 4. The Bertz CT molecular complexity index is 771. The van der Waals surface area contributed by atoms with Gasteiger partial charge in [0, 0.05) is 18.2 Å². The van der Waals surface area contributed by atoms with Crippen molar-refractivity contribution in [3.05, 3.63) is 34.9 Å². The van der Waals surface area contributed by atoms with Crippen molar-refractivity contribution in [1.29, 1.82) is 0 Å². The summed E-state index contributed by atoms with van der Waals surface area (Å²) in [5.74, 6) is -0.407. The van der Waals surface area contributed by atoms with Crippen molar-refractivity contribution in [2.24, 2.45) is 5.92 Å². The van der Waals surface area contributed by atoms with Crippen LogP contribution in [0.25, 0.3) is 0 Å². The van der Waals surface area contributed by atoms with E-state index < -0.39 is 24.3 Å². The van der Waals surface area contributed by atoms with E-state index in [0.29, 0.717) is 19.1 Å². The molecule has 1 saturated heterocycles. The summed E-state index contributed by atoms with van der Waals surface area (Å²) < 4.78 is 51.9. The predicted octanol–water partition coefficient (Wildman–Crippen LogP) is 3.68. The summed E-state index contributed by atoms with van der Waals surface area (Å²) in [6.07, 6.45) is 1.36. The summed E-state index contributed by atoms with van der Waals surface area (Å²) in [5, 5.41) is 5.75. The third-order valence-electron chi connectivity index (χ3n) is 6.08. The van der Waals surface area contributed by atoms with Gasteiger partial charge in [0.15, 0.2) is 0 Å². The molecule has 2 amide bonds. The second-order valence-electron chi connectivity index (χ2n) is 8.53. The van der Waals surface area contributed by atoms with E-state index in [9.17, 15) is 27.2 Å². The fourth-order valence-corrected chi connectivity index (χ4v) is 4.30. The quantitative estimate of drug-likeness (QED) is 0.632. The molecular weight excluding hydrogens is 414 g/mol. The SMILES string of the molecule is O=C(CN1CCC(CNC(=O)c2cc(CF)cc(C(F)(F)F)c2)CC1)NC1CCCC1. The van der Waals surface area contributed by atoms with Gasteiger partial charge in [-0.1, -0.05) is 12.8 Å². The first-order chi connectivity index (χ1) is 14.7. The summed E-state index contributed by atoms with van der Waals surface area (Å²) in [6, 6.07) is 2.92. The lowest BCUT2D eigenvalue weighted by Gasteiger charge is -2.31. The van der Waals surface area contributed by atoms with Crippen LogP contribution in [0.5, 0.6) is 0 Å². The molecule has 1 heterocycles. The van der Waals surface area contributed by atoms with Crippen LogP contribution in [-0.2, 0) is 17.6 Å². The molecule has 0 unspecified atom stereocenters. The molecule has 2 fully saturated rings. The molecule has 1 saturated carbocycles. The lowest BCUT2D eigenvalue weighted by molar-refractivity contribution is -0.137. The second-order valence-corrected chi connectivity index (χ2v) is 8.53. The average molecular weight is 443 g/mol. The Morgan fingerprint density at radius 1 is 1.03 bits per heavy atom. The lowest BCUT2D eigenvalue weighted by Crippen LogP contribution is -2.45. The smallest absolute Gasteiger partial charge is 0.352 e. The topological polar surface area (TPSA) is 61.4 Å². The highest BCUT2D eigenvalue weighted by atomic mass is 19.4. The van der Waals surface area contributed by atoms with Gasteiger partial charge in [0.2, 0.25) is 5.91 Å². The maximum Gasteiger partial charge on any atom is 0.416 e. The zero-order valence-corrected chi connectivity index (χ0v) is 17.4. The molecule has 2 N–H and O–H groups in total. The summed E-state index contributed by atoms with van der Waals surface area (Å²) in [5.41, 5.74) is -1.40. The highest BCUT2D eigenvalue weighted by Gasteiger charge is 2.32. The van der Waals surface area contributed by atoms with E-state index in [2.05, 4.69) is 15.5 Å². The monoisotopic (exact) mass is 443 g/mol. The molecule has 1 aliphatic heterocycles. The van der Waals surface area contributed by atoms with Gasteiger partial charge >= 0.3 is 6.18 Å². The van der Waals surface area contributed by atoms with Crippen molar-refractivity contribution in [2.45, 2.75) is 57.4 Å². The van der Waals surface area contributed by atoms with E-state index in [1.165, 1.54) is 0 Å². The Kier molecular flexibility index (Phi) is 7.91. The van der Waals surface area contributed by atoms with Crippen molar-refractivity contribution in [3.63, 3.8) is 0 Å². The number of nitrogens with zero attached hydrogens (tertiary/aromatic N) is 1. The molecule has 5 nitrogen and oxygen atoms in total. The van der Waals surface area contributed by atoms with Crippen LogP contribution in [0, 0.1) is 5.92 Å². The molecular formula is C22H29F4N3O2. The van der Waals surface area contributed by atoms with Crippen LogP contribution < -0.4 is 10.6 Å². The molecule has 0 radical (unpaired) electrons. The number of carbonyl (C=O) groups is 2. The lowest BCUT2D eigenvalue weighted by atomic mass is 9.96. The van der Waals surface area contributed by atoms with E-state index in [4.69, 9.17) is 0 Å². The summed E-state index contributed by atoms with van der Waals surface area (Å²) in [7, 11) is 0. The number of nitrogens with one attached hydrogen (secondary N) is 2. The maximum absolute atomic E-state index is 13.0. The van der Waals surface area contributed by atoms with Crippen LogP contribution in [0.1, 0.15) is 60.0 Å². The molecule has 1 aromatic rings. The number of likely N-dealkylation sites (tertiary alicyclic amines) is 1. The van der Waals surface area contributed by atoms with Gasteiger partial charge in [-0.05, 0) is 68.5 Å². The standard InChI is InChI=1S/C22H29F4N3O2/c23-12-16-9-17(11-18(10-16)22(24,25)26)21(31)27-13-15-5-7-29(8-6-15)14-20(30)28-19-3-1-2-4-19/h9-11,15,19H,1-8,12-14H2,(H,27,31)(H,28,30). The van der Waals surface area contributed by atoms with Gasteiger partial charge in [-0.2, -0.15) is 13.2 Å². The molecule has 0 bridgehead atoms. The molecule has 0 atom stereocenters. The van der Waals surface area contributed by atoms with Gasteiger partial charge in [-0.3, -0.25) is 14.5 Å². The molecule has 2 aliphatic rings. The molecule has 0 aromatic heterocycles. The van der Waals surface area contributed by atoms with Gasteiger partial charge in [0.05, 0.1) is 12.1 Å². The Morgan fingerprint density at radius 3 is 2.32 bits per heavy atom. The minimum Gasteiger partial charge on any atom is -0.352 e. The number of piperidine rings is 1. The molecule has 0 spiro atoms. The number of hydrogen-bond acceptors (Lipinski definition) is 3. The van der Waals surface area contributed by atoms with Gasteiger partial charge in [0.25, 0.3) is 5.91 Å². The number of rotatable bonds is 7. The van der Waals surface area contributed by atoms with Crippen molar-refractivity contribution in [2.75, 3.05) is 26.2 Å². The third kappa shape index (κ3) is 6.92. The summed E-state index contributed by atoms with van der Waals surface area (Å²) in [6.45, 7) is 1.09. The third-order valence-corrected chi connectivity index (χ3v) is 6.08. The van der Waals surface area contributed by atoms with Crippen LogP contribution in [0.2, 0.25) is 0 Å². The van der Waals surface area contributed by atoms with Crippen LogP contribution in [0.4, 0.5) is 17.6 Å². The Balaban J connectivity index is 1.44. The Labute approximate surface area is 179 Å². The van der Waals surface area contributed by atoms with Crippen molar-refractivity contribution >= 4 is 11.8 Å². The van der Waals surface area contributed by atoms with Gasteiger partial charge in [-0.15, -0.1) is 0 Å². The first-order valence-electron chi connectivity index (χ1n) is 10.8. The fraction of sp³-hybridized carbons (Fsp3) is 0.636. The Morgan fingerprint density at radius 2 is 1.71 bits per heavy atom. The Hall–Kier alpha value is -2.16. The first-order valence-corrected chi connectivity index (χ1v) is 10.8. The fourth-order valence-electron chi connectivity index (χ4n) is 4.30. The van der Waals surface area contributed by atoms with E-state index in [-0.39, 0.29) is 23.0 Å². The van der Waals surface area contributed by atoms with Crippen molar-refractivity contribution in [1.82, 2.24) is 15.5 Å². The van der Waals surface area contributed by atoms with Gasteiger partial charge in [-0.25, -0.2) is 4.39 Å². The molecule has 1 aliphatic carbocycles. The molecule has 172 valence electrons. The van der Waals surface area contributed by atoms with Crippen molar-refractivity contribution < 1.29 is 27.2 Å². The molecule has 31 heavy (non-hydrogen) atoms. The first kappa shape index (κ1) is 23.5. The van der Waals surface area contributed by atoms with Crippen LogP contribution in [0.3, 0.4) is 0 Å². The second kappa shape index (κ2) is 10.4. The van der Waals surface area contributed by atoms with E-state index >= 15 is 0 Å². The number of alkyl halides is 4. The van der Waals surface area contributed by atoms with Gasteiger partial charge in [0.1, 0.15) is 6.67 Å². The van der Waals surface area contributed by atoms with Crippen LogP contribution in [-0.4, -0.2) is 48.9 Å². The van der Waals surface area contributed by atoms with E-state index in [0.717, 1.165) is 69.8 Å². The van der Waals surface area contributed by atoms with E-state index in [1.807, 2.05) is 0 Å². The van der Waals surface area contributed by atoms with Gasteiger partial charge < -0.3 is 10.6 Å². The molecule has 3 rings (SSSR count). The highest BCUT2D eigenvalue weighted by molar-refractivity contribution is 5.94. The molecule has 1 aromatic carbocycles. The number of carbonyl (C=O) groups excluding carboxylic acids is 2. The highest BCUT2D eigenvalue weighted by Crippen LogP contribution is 2.31. The average Bonchev–Trinajstić information content (AvgIpc) is 3.24. The summed E-state index contributed by atoms with van der Waals surface area (Å²) in [4.78, 5) is 26.6. The minimum atomic E-state index is -4.64. The number of amides is 2. The van der Waals surface area contributed by atoms with Crippen LogP contribution in [0.15, 0.2) is 18.2 Å². The minimum absolute atomic E-state index is 0.0480.